The molecule has 0 unspecified atom stereocenters. The molecule has 0 radical (unpaired) electrons. The number of fused-ring (bicyclic) bond motifs is 2. The second-order valence-corrected chi connectivity index (χ2v) is 11.6. The van der Waals surface area contributed by atoms with E-state index in [2.05, 4.69) is 27.2 Å². The van der Waals surface area contributed by atoms with Crippen LogP contribution in [-0.2, 0) is 24.2 Å². The highest BCUT2D eigenvalue weighted by Gasteiger charge is 2.24. The quantitative estimate of drug-likeness (QED) is 0.250. The van der Waals surface area contributed by atoms with Crippen molar-refractivity contribution >= 4 is 22.3 Å². The minimum Gasteiger partial charge on any atom is -0.496 e. The summed E-state index contributed by atoms with van der Waals surface area (Å²) in [6.07, 6.45) is 10.4. The van der Waals surface area contributed by atoms with Gasteiger partial charge in [-0.3, -0.25) is 4.98 Å². The Bertz CT molecular complexity index is 1300. The summed E-state index contributed by atoms with van der Waals surface area (Å²) in [5.74, 6) is 0.696. The highest BCUT2D eigenvalue weighted by molar-refractivity contribution is 5.95. The molecule has 6 nitrogen and oxygen atoms in total. The van der Waals surface area contributed by atoms with Crippen LogP contribution in [0.4, 0.5) is 15.8 Å². The number of aryl methyl sites for hydroxylation is 1. The van der Waals surface area contributed by atoms with Crippen LogP contribution in [0.2, 0.25) is 0 Å². The fraction of sp³-hybridized carbons (Fsp3) is 0.545. The molecule has 0 atom stereocenters. The molecule has 3 aliphatic rings. The summed E-state index contributed by atoms with van der Waals surface area (Å²) >= 11 is 0. The summed E-state index contributed by atoms with van der Waals surface area (Å²) < 4.78 is 25.8. The summed E-state index contributed by atoms with van der Waals surface area (Å²) in [6, 6.07) is 11.7. The fourth-order valence-corrected chi connectivity index (χ4v) is 6.68. The Morgan fingerprint density at radius 1 is 0.975 bits per heavy atom. The molecule has 1 N–H and O–H groups in total. The summed E-state index contributed by atoms with van der Waals surface area (Å²) in [5, 5.41) is 5.13. The Kier molecular flexibility index (Phi) is 8.68. The van der Waals surface area contributed by atoms with Crippen LogP contribution >= 0.6 is 0 Å². The van der Waals surface area contributed by atoms with Crippen LogP contribution in [0.1, 0.15) is 61.8 Å². The molecule has 2 fully saturated rings. The number of hydrogen-bond acceptors (Lipinski definition) is 6. The van der Waals surface area contributed by atoms with Crippen molar-refractivity contribution in [2.75, 3.05) is 56.7 Å². The number of ether oxygens (including phenoxy) is 2. The molecule has 214 valence electrons. The summed E-state index contributed by atoms with van der Waals surface area (Å²) in [6.45, 7) is 6.47. The zero-order chi connectivity index (χ0) is 27.3. The first-order valence-electron chi connectivity index (χ1n) is 15.3. The van der Waals surface area contributed by atoms with Crippen molar-refractivity contribution in [3.8, 4) is 5.75 Å². The zero-order valence-corrected chi connectivity index (χ0v) is 23.9. The second kappa shape index (κ2) is 12.7. The van der Waals surface area contributed by atoms with E-state index in [1.54, 1.807) is 19.2 Å². The average molecular weight is 547 g/mol. The number of likely N-dealkylation sites (tertiary alicyclic amines) is 1. The lowest BCUT2D eigenvalue weighted by atomic mass is 9.97. The van der Waals surface area contributed by atoms with Crippen molar-refractivity contribution in [3.63, 3.8) is 0 Å². The topological polar surface area (TPSA) is 49.9 Å². The third kappa shape index (κ3) is 6.21. The van der Waals surface area contributed by atoms with Gasteiger partial charge in [-0.25, -0.2) is 4.39 Å². The van der Waals surface area contributed by atoms with Crippen LogP contribution in [0.15, 0.2) is 36.4 Å². The van der Waals surface area contributed by atoms with Crippen molar-refractivity contribution in [2.24, 2.45) is 0 Å². The molecule has 6 rings (SSSR count). The van der Waals surface area contributed by atoms with Crippen molar-refractivity contribution in [2.45, 2.75) is 70.4 Å². The fourth-order valence-electron chi connectivity index (χ4n) is 6.68. The smallest absolute Gasteiger partial charge is 0.125 e. The van der Waals surface area contributed by atoms with Gasteiger partial charge in [-0.05, 0) is 100 Å². The van der Waals surface area contributed by atoms with E-state index >= 15 is 0 Å². The normalized spacial score (nSPS) is 18.6. The second-order valence-electron chi connectivity index (χ2n) is 11.6. The van der Waals surface area contributed by atoms with E-state index in [-0.39, 0.29) is 5.82 Å². The maximum Gasteiger partial charge on any atom is 0.125 e. The molecule has 1 aliphatic carbocycles. The van der Waals surface area contributed by atoms with E-state index in [0.29, 0.717) is 12.6 Å². The molecule has 0 spiro atoms. The maximum absolute atomic E-state index is 13.8. The molecule has 1 aromatic heterocycles. The predicted octanol–water partition coefficient (Wildman–Crippen LogP) is 6.34. The lowest BCUT2D eigenvalue weighted by Gasteiger charge is -2.35. The molecule has 0 bridgehead atoms. The van der Waals surface area contributed by atoms with Gasteiger partial charge in [-0.2, -0.15) is 0 Å². The van der Waals surface area contributed by atoms with Gasteiger partial charge in [-0.1, -0.05) is 12.5 Å². The van der Waals surface area contributed by atoms with Crippen LogP contribution < -0.4 is 15.0 Å². The molecule has 3 aromatic rings. The number of benzene rings is 2. The largest absolute Gasteiger partial charge is 0.496 e. The van der Waals surface area contributed by atoms with E-state index < -0.39 is 0 Å². The van der Waals surface area contributed by atoms with E-state index in [0.717, 1.165) is 79.8 Å². The molecule has 2 aliphatic heterocycles. The minimum absolute atomic E-state index is 0.172. The van der Waals surface area contributed by atoms with Gasteiger partial charge in [0.1, 0.15) is 11.6 Å². The number of piperidine rings is 1. The summed E-state index contributed by atoms with van der Waals surface area (Å²) in [7, 11) is 1.75. The zero-order valence-electron chi connectivity index (χ0n) is 23.9. The molecule has 3 heterocycles. The molecule has 2 saturated heterocycles. The SMILES string of the molecule is COc1cc2c(NC3CCN(c4cccc(F)c4)CC3)c3c(nc2cc1COCCN1CCCC1)CCCCC3. The average Bonchev–Trinajstić information content (AvgIpc) is 3.39. The van der Waals surface area contributed by atoms with Gasteiger partial charge in [0.25, 0.3) is 0 Å². The van der Waals surface area contributed by atoms with E-state index in [1.165, 1.54) is 68.2 Å². The van der Waals surface area contributed by atoms with Crippen molar-refractivity contribution in [1.82, 2.24) is 9.88 Å². The number of hydrogen-bond donors (Lipinski definition) is 1. The van der Waals surface area contributed by atoms with E-state index in [1.807, 2.05) is 6.07 Å². The van der Waals surface area contributed by atoms with Gasteiger partial charge in [0.05, 0.1) is 25.8 Å². The first-order chi connectivity index (χ1) is 19.7. The van der Waals surface area contributed by atoms with Gasteiger partial charge in [0.2, 0.25) is 0 Å². The van der Waals surface area contributed by atoms with Crippen LogP contribution in [0.25, 0.3) is 10.9 Å². The van der Waals surface area contributed by atoms with Gasteiger partial charge in [-0.15, -0.1) is 0 Å². The van der Waals surface area contributed by atoms with Crippen LogP contribution in [0.3, 0.4) is 0 Å². The monoisotopic (exact) mass is 546 g/mol. The lowest BCUT2D eigenvalue weighted by Crippen LogP contribution is -2.39. The molecular formula is C33H43FN4O2. The van der Waals surface area contributed by atoms with Gasteiger partial charge in [0.15, 0.2) is 0 Å². The molecule has 0 amide bonds. The lowest BCUT2D eigenvalue weighted by molar-refractivity contribution is 0.0979. The van der Waals surface area contributed by atoms with Crippen molar-refractivity contribution in [3.05, 3.63) is 59.0 Å². The third-order valence-electron chi connectivity index (χ3n) is 8.94. The molecular weight excluding hydrogens is 503 g/mol. The van der Waals surface area contributed by atoms with Gasteiger partial charge >= 0.3 is 0 Å². The standard InChI is InChI=1S/C33H43FN4O2/c1-39-32-22-29-31(20-24(32)23-40-19-18-37-14-5-6-15-37)36-30-11-4-2-3-10-28(30)33(29)35-26-12-16-38(17-13-26)27-9-7-8-25(34)21-27/h7-9,20-22,26H,2-6,10-19,23H2,1H3,(H,35,36). The Balaban J connectivity index is 1.22. The summed E-state index contributed by atoms with van der Waals surface area (Å²) in [5.41, 5.74) is 6.93. The number of nitrogens with one attached hydrogen (secondary N) is 1. The van der Waals surface area contributed by atoms with Crippen molar-refractivity contribution in [1.29, 1.82) is 0 Å². The predicted molar refractivity (Wildman–Crippen MR) is 160 cm³/mol. The number of nitrogens with zero attached hydrogens (tertiary/aromatic N) is 3. The summed E-state index contributed by atoms with van der Waals surface area (Å²) in [4.78, 5) is 9.99. The minimum atomic E-state index is -0.172. The van der Waals surface area contributed by atoms with Gasteiger partial charge in [0, 0.05) is 53.7 Å². The molecule has 40 heavy (non-hydrogen) atoms. The molecule has 0 saturated carbocycles. The number of anilines is 2. The van der Waals surface area contributed by atoms with E-state index in [9.17, 15) is 4.39 Å². The maximum atomic E-state index is 13.8. The number of methoxy groups -OCH3 is 1. The van der Waals surface area contributed by atoms with Crippen LogP contribution in [0, 0.1) is 5.82 Å². The Morgan fingerprint density at radius 2 is 1.80 bits per heavy atom. The van der Waals surface area contributed by atoms with Crippen LogP contribution in [0.5, 0.6) is 5.75 Å². The highest BCUT2D eigenvalue weighted by atomic mass is 19.1. The number of rotatable bonds is 9. The Hall–Kier alpha value is -2.90. The number of pyridine rings is 1. The molecule has 2 aromatic carbocycles. The Morgan fingerprint density at radius 3 is 2.60 bits per heavy atom. The first-order valence-corrected chi connectivity index (χ1v) is 15.3. The third-order valence-corrected chi connectivity index (χ3v) is 8.94. The van der Waals surface area contributed by atoms with E-state index in [4.69, 9.17) is 14.5 Å². The number of halogens is 1. The van der Waals surface area contributed by atoms with Crippen molar-refractivity contribution < 1.29 is 13.9 Å². The molecule has 7 heteroatoms. The van der Waals surface area contributed by atoms with Crippen LogP contribution in [-0.4, -0.2) is 62.4 Å². The first kappa shape index (κ1) is 27.3. The number of aromatic nitrogens is 1. The van der Waals surface area contributed by atoms with Gasteiger partial charge < -0.3 is 24.6 Å². The highest BCUT2D eigenvalue weighted by Crippen LogP contribution is 2.37. The Labute approximate surface area is 237 Å².